The molecule has 1 N–H and O–H groups in total. The third kappa shape index (κ3) is 3.74. The number of fused-ring (bicyclic) bond motifs is 1. The first-order valence-electron chi connectivity index (χ1n) is 11.1. The van der Waals surface area contributed by atoms with Gasteiger partial charge >= 0.3 is 0 Å². The smallest absolute Gasteiger partial charge is 0.245 e. The standard InChI is InChI=1S/C22H28N8O/c1-16(22(31)29-13-9-24-10-14-29)30-19(17-5-7-23-8-6-17)27-18-20(25-15-26-21(18)30)28-11-3-2-4-12-28/h5-8,15-16,24H,2-4,9-14H2,1H3/t16-/m0/s1. The number of rotatable bonds is 4. The lowest BCUT2D eigenvalue weighted by atomic mass is 10.1. The average Bonchev–Trinajstić information content (AvgIpc) is 3.24. The van der Waals surface area contributed by atoms with Crippen LogP contribution in [0, 0.1) is 0 Å². The first-order valence-corrected chi connectivity index (χ1v) is 11.1. The van der Waals surface area contributed by atoms with E-state index in [0.717, 1.165) is 61.7 Å². The van der Waals surface area contributed by atoms with Crippen molar-refractivity contribution in [1.82, 2.24) is 34.7 Å². The molecule has 5 heterocycles. The van der Waals surface area contributed by atoms with Crippen LogP contribution in [-0.2, 0) is 4.79 Å². The molecule has 1 atom stereocenters. The number of nitrogens with one attached hydrogen (secondary N) is 1. The van der Waals surface area contributed by atoms with Gasteiger partial charge in [0.1, 0.15) is 18.2 Å². The summed E-state index contributed by atoms with van der Waals surface area (Å²) in [6, 6.07) is 3.43. The summed E-state index contributed by atoms with van der Waals surface area (Å²) in [5.74, 6) is 1.68. The van der Waals surface area contributed by atoms with Gasteiger partial charge < -0.3 is 15.1 Å². The lowest BCUT2D eigenvalue weighted by molar-refractivity contribution is -0.134. The molecule has 0 radical (unpaired) electrons. The molecule has 9 nitrogen and oxygen atoms in total. The maximum Gasteiger partial charge on any atom is 0.245 e. The van der Waals surface area contributed by atoms with E-state index in [-0.39, 0.29) is 5.91 Å². The zero-order valence-corrected chi connectivity index (χ0v) is 17.9. The Labute approximate surface area is 181 Å². The van der Waals surface area contributed by atoms with E-state index in [2.05, 4.69) is 25.2 Å². The van der Waals surface area contributed by atoms with Gasteiger partial charge in [0.15, 0.2) is 17.0 Å². The second-order valence-corrected chi connectivity index (χ2v) is 8.21. The summed E-state index contributed by atoms with van der Waals surface area (Å²) < 4.78 is 1.98. The summed E-state index contributed by atoms with van der Waals surface area (Å²) in [7, 11) is 0. The van der Waals surface area contributed by atoms with Crippen molar-refractivity contribution >= 4 is 22.9 Å². The molecule has 0 unspecified atom stereocenters. The highest BCUT2D eigenvalue weighted by Crippen LogP contribution is 2.32. The lowest BCUT2D eigenvalue weighted by Gasteiger charge is -2.30. The number of piperidine rings is 1. The monoisotopic (exact) mass is 420 g/mol. The van der Waals surface area contributed by atoms with Crippen LogP contribution in [0.25, 0.3) is 22.6 Å². The summed E-state index contributed by atoms with van der Waals surface area (Å²) in [5, 5.41) is 3.31. The van der Waals surface area contributed by atoms with Crippen LogP contribution in [0.5, 0.6) is 0 Å². The summed E-state index contributed by atoms with van der Waals surface area (Å²) in [6.07, 6.45) is 8.65. The molecular formula is C22H28N8O. The van der Waals surface area contributed by atoms with E-state index in [4.69, 9.17) is 4.98 Å². The van der Waals surface area contributed by atoms with Crippen LogP contribution in [0.15, 0.2) is 30.9 Å². The van der Waals surface area contributed by atoms with Crippen molar-refractivity contribution in [2.75, 3.05) is 44.2 Å². The maximum atomic E-state index is 13.4. The van der Waals surface area contributed by atoms with Gasteiger partial charge in [0.05, 0.1) is 0 Å². The van der Waals surface area contributed by atoms with Gasteiger partial charge in [0.25, 0.3) is 0 Å². The molecule has 0 aromatic carbocycles. The molecule has 2 fully saturated rings. The van der Waals surface area contributed by atoms with E-state index in [1.54, 1.807) is 18.7 Å². The molecule has 1 amide bonds. The lowest BCUT2D eigenvalue weighted by Crippen LogP contribution is -2.48. The van der Waals surface area contributed by atoms with Gasteiger partial charge in [-0.25, -0.2) is 15.0 Å². The fourth-order valence-electron chi connectivity index (χ4n) is 4.57. The Kier molecular flexibility index (Phi) is 5.50. The number of carbonyl (C=O) groups is 1. The van der Waals surface area contributed by atoms with E-state index in [0.29, 0.717) is 18.7 Å². The maximum absolute atomic E-state index is 13.4. The highest BCUT2D eigenvalue weighted by Gasteiger charge is 2.29. The van der Waals surface area contributed by atoms with E-state index in [1.165, 1.54) is 6.42 Å². The van der Waals surface area contributed by atoms with Gasteiger partial charge in [-0.2, -0.15) is 0 Å². The third-order valence-electron chi connectivity index (χ3n) is 6.23. The van der Waals surface area contributed by atoms with Crippen LogP contribution >= 0.6 is 0 Å². The minimum atomic E-state index is -0.421. The van der Waals surface area contributed by atoms with Crippen molar-refractivity contribution in [2.24, 2.45) is 0 Å². The Morgan fingerprint density at radius 2 is 1.77 bits per heavy atom. The minimum absolute atomic E-state index is 0.0919. The SMILES string of the molecule is C[C@@H](C(=O)N1CCNCC1)n1c(-c2ccncc2)nc2c(N3CCCCC3)ncnc21. The highest BCUT2D eigenvalue weighted by molar-refractivity contribution is 5.90. The Morgan fingerprint density at radius 1 is 1.03 bits per heavy atom. The molecular weight excluding hydrogens is 392 g/mol. The van der Waals surface area contributed by atoms with E-state index in [1.807, 2.05) is 28.5 Å². The molecule has 2 saturated heterocycles. The number of hydrogen-bond acceptors (Lipinski definition) is 7. The van der Waals surface area contributed by atoms with Gasteiger partial charge in [0.2, 0.25) is 5.91 Å². The van der Waals surface area contributed by atoms with Crippen molar-refractivity contribution in [2.45, 2.75) is 32.2 Å². The number of hydrogen-bond donors (Lipinski definition) is 1. The summed E-state index contributed by atoms with van der Waals surface area (Å²) >= 11 is 0. The Bertz CT molecular complexity index is 1050. The number of amides is 1. The minimum Gasteiger partial charge on any atom is -0.355 e. The Balaban J connectivity index is 1.63. The predicted molar refractivity (Wildman–Crippen MR) is 119 cm³/mol. The number of imidazole rings is 1. The van der Waals surface area contributed by atoms with Gasteiger partial charge in [0, 0.05) is 57.2 Å². The molecule has 2 aliphatic heterocycles. The van der Waals surface area contributed by atoms with Crippen molar-refractivity contribution in [3.05, 3.63) is 30.9 Å². The molecule has 5 rings (SSSR count). The summed E-state index contributed by atoms with van der Waals surface area (Å²) in [6.45, 7) is 6.96. The second-order valence-electron chi connectivity index (χ2n) is 8.21. The van der Waals surface area contributed by atoms with Crippen molar-refractivity contribution < 1.29 is 4.79 Å². The highest BCUT2D eigenvalue weighted by atomic mass is 16.2. The Morgan fingerprint density at radius 3 is 2.52 bits per heavy atom. The number of anilines is 1. The predicted octanol–water partition coefficient (Wildman–Crippen LogP) is 1.87. The van der Waals surface area contributed by atoms with Crippen molar-refractivity contribution in [3.8, 4) is 11.4 Å². The van der Waals surface area contributed by atoms with Crippen LogP contribution in [0.2, 0.25) is 0 Å². The van der Waals surface area contributed by atoms with Crippen molar-refractivity contribution in [1.29, 1.82) is 0 Å². The Hall–Kier alpha value is -3.07. The van der Waals surface area contributed by atoms with Crippen LogP contribution in [0.3, 0.4) is 0 Å². The summed E-state index contributed by atoms with van der Waals surface area (Å²) in [4.78, 5) is 35.9. The van der Waals surface area contributed by atoms with Crippen LogP contribution in [0.1, 0.15) is 32.2 Å². The number of piperazine rings is 1. The van der Waals surface area contributed by atoms with E-state index >= 15 is 0 Å². The number of pyridine rings is 1. The third-order valence-corrected chi connectivity index (χ3v) is 6.23. The topological polar surface area (TPSA) is 92.1 Å². The molecule has 0 bridgehead atoms. The van der Waals surface area contributed by atoms with Crippen molar-refractivity contribution in [3.63, 3.8) is 0 Å². The van der Waals surface area contributed by atoms with Gasteiger partial charge in [-0.3, -0.25) is 14.3 Å². The molecule has 162 valence electrons. The van der Waals surface area contributed by atoms with Crippen LogP contribution in [-0.4, -0.2) is 74.6 Å². The van der Waals surface area contributed by atoms with Gasteiger partial charge in [-0.1, -0.05) is 0 Å². The molecule has 0 spiro atoms. The fourth-order valence-corrected chi connectivity index (χ4v) is 4.57. The van der Waals surface area contributed by atoms with Gasteiger partial charge in [-0.15, -0.1) is 0 Å². The normalized spacial score (nSPS) is 18.4. The quantitative estimate of drug-likeness (QED) is 0.689. The van der Waals surface area contributed by atoms with Crippen LogP contribution in [0.4, 0.5) is 5.82 Å². The number of nitrogens with zero attached hydrogens (tertiary/aromatic N) is 7. The molecule has 9 heteroatoms. The largest absolute Gasteiger partial charge is 0.355 e. The summed E-state index contributed by atoms with van der Waals surface area (Å²) in [5.41, 5.74) is 2.38. The average molecular weight is 421 g/mol. The molecule has 3 aromatic rings. The van der Waals surface area contributed by atoms with Crippen LogP contribution < -0.4 is 10.2 Å². The van der Waals surface area contributed by atoms with E-state index in [9.17, 15) is 4.79 Å². The molecule has 3 aromatic heterocycles. The molecule has 31 heavy (non-hydrogen) atoms. The second kappa shape index (κ2) is 8.58. The molecule has 0 saturated carbocycles. The number of aromatic nitrogens is 5. The van der Waals surface area contributed by atoms with Gasteiger partial charge in [-0.05, 0) is 38.3 Å². The fraction of sp³-hybridized carbons (Fsp3) is 0.500. The number of carbonyl (C=O) groups excluding carboxylic acids is 1. The van der Waals surface area contributed by atoms with E-state index < -0.39 is 6.04 Å². The molecule has 0 aliphatic carbocycles. The zero-order valence-electron chi connectivity index (χ0n) is 17.9. The first-order chi connectivity index (χ1) is 15.2. The first kappa shape index (κ1) is 19.9. The molecule has 2 aliphatic rings. The zero-order chi connectivity index (χ0) is 21.2.